The lowest BCUT2D eigenvalue weighted by Crippen LogP contribution is -2.43. The molecule has 2 rings (SSSR count). The van der Waals surface area contributed by atoms with Gasteiger partial charge in [-0.2, -0.15) is 0 Å². The Balaban J connectivity index is 2.30. The largest absolute Gasteiger partial charge is 0.493 e. The minimum absolute atomic E-state index is 0.0291. The van der Waals surface area contributed by atoms with Gasteiger partial charge < -0.3 is 15.6 Å². The lowest BCUT2D eigenvalue weighted by Gasteiger charge is -2.31. The predicted octanol–water partition coefficient (Wildman–Crippen LogP) is 1.52. The molecule has 0 aromatic heterocycles. The second-order valence-corrected chi connectivity index (χ2v) is 5.08. The molecule has 19 heavy (non-hydrogen) atoms. The van der Waals surface area contributed by atoms with Crippen molar-refractivity contribution in [3.63, 3.8) is 0 Å². The van der Waals surface area contributed by atoms with Gasteiger partial charge in [-0.25, -0.2) is 0 Å². The number of hydrogen-bond acceptors (Lipinski definition) is 3. The lowest BCUT2D eigenvalue weighted by molar-refractivity contribution is -0.154. The van der Waals surface area contributed by atoms with E-state index in [1.807, 2.05) is 24.3 Å². The number of benzene rings is 1. The molecular weight excluding hydrogens is 246 g/mol. The molecule has 1 aliphatic heterocycles. The van der Waals surface area contributed by atoms with E-state index in [9.17, 15) is 14.7 Å². The Morgan fingerprint density at radius 3 is 2.79 bits per heavy atom. The number of carboxylic acid groups (broad SMARTS) is 1. The van der Waals surface area contributed by atoms with E-state index in [1.165, 1.54) is 6.92 Å². The molecule has 1 aromatic carbocycles. The van der Waals surface area contributed by atoms with Crippen molar-refractivity contribution < 1.29 is 19.4 Å². The standard InChI is InChI=1S/C14H17NO4/c1-14(12(15)16,13(17)18)8-9-6-7-19-11-5-3-2-4-10(9)11/h2-5,9H,6-8H2,1H3,(H2,15,16)(H,17,18). The van der Waals surface area contributed by atoms with E-state index in [2.05, 4.69) is 0 Å². The van der Waals surface area contributed by atoms with E-state index >= 15 is 0 Å². The van der Waals surface area contributed by atoms with Gasteiger partial charge in [-0.05, 0) is 37.3 Å². The van der Waals surface area contributed by atoms with Crippen LogP contribution in [-0.2, 0) is 9.59 Å². The summed E-state index contributed by atoms with van der Waals surface area (Å²) in [7, 11) is 0. The zero-order valence-electron chi connectivity index (χ0n) is 10.8. The highest BCUT2D eigenvalue weighted by molar-refractivity contribution is 6.00. The van der Waals surface area contributed by atoms with Crippen molar-refractivity contribution in [3.05, 3.63) is 29.8 Å². The van der Waals surface area contributed by atoms with Crippen LogP contribution in [0.15, 0.2) is 24.3 Å². The highest BCUT2D eigenvalue weighted by Gasteiger charge is 2.42. The topological polar surface area (TPSA) is 89.6 Å². The quantitative estimate of drug-likeness (QED) is 0.806. The van der Waals surface area contributed by atoms with E-state index in [4.69, 9.17) is 10.5 Å². The Labute approximate surface area is 111 Å². The molecule has 5 heteroatoms. The van der Waals surface area contributed by atoms with Gasteiger partial charge in [-0.1, -0.05) is 18.2 Å². The minimum atomic E-state index is -1.55. The molecule has 0 radical (unpaired) electrons. The van der Waals surface area contributed by atoms with E-state index < -0.39 is 17.3 Å². The van der Waals surface area contributed by atoms with Gasteiger partial charge in [0.15, 0.2) is 0 Å². The third kappa shape index (κ3) is 2.41. The van der Waals surface area contributed by atoms with E-state index in [0.29, 0.717) is 13.0 Å². The Bertz CT molecular complexity index is 498. The number of amides is 1. The first kappa shape index (κ1) is 13.4. The average Bonchev–Trinajstić information content (AvgIpc) is 2.38. The van der Waals surface area contributed by atoms with Gasteiger partial charge in [0, 0.05) is 0 Å². The number of rotatable bonds is 4. The van der Waals surface area contributed by atoms with Crippen molar-refractivity contribution in [2.45, 2.75) is 25.7 Å². The SMILES string of the molecule is CC(CC1CCOc2ccccc21)(C(N)=O)C(=O)O. The monoisotopic (exact) mass is 263 g/mol. The van der Waals surface area contributed by atoms with Crippen molar-refractivity contribution in [1.29, 1.82) is 0 Å². The summed E-state index contributed by atoms with van der Waals surface area (Å²) in [4.78, 5) is 22.8. The Morgan fingerprint density at radius 1 is 1.47 bits per heavy atom. The van der Waals surface area contributed by atoms with Crippen LogP contribution in [0.4, 0.5) is 0 Å². The van der Waals surface area contributed by atoms with Crippen LogP contribution in [-0.4, -0.2) is 23.6 Å². The van der Waals surface area contributed by atoms with Crippen LogP contribution in [0.25, 0.3) is 0 Å². The normalized spacial score (nSPS) is 20.8. The Kier molecular flexibility index (Phi) is 3.46. The molecule has 102 valence electrons. The summed E-state index contributed by atoms with van der Waals surface area (Å²) in [5.74, 6) is -1.25. The molecular formula is C14H17NO4. The van der Waals surface area contributed by atoms with Crippen LogP contribution in [0.2, 0.25) is 0 Å². The van der Waals surface area contributed by atoms with Gasteiger partial charge in [0.1, 0.15) is 11.2 Å². The first-order valence-corrected chi connectivity index (χ1v) is 6.20. The van der Waals surface area contributed by atoms with Crippen LogP contribution >= 0.6 is 0 Å². The molecule has 1 aliphatic rings. The molecule has 0 saturated carbocycles. The molecule has 0 saturated heterocycles. The number of carboxylic acids is 1. The van der Waals surface area contributed by atoms with Gasteiger partial charge in [-0.15, -0.1) is 0 Å². The van der Waals surface area contributed by atoms with Crippen LogP contribution in [0.1, 0.15) is 31.2 Å². The van der Waals surface area contributed by atoms with Crippen LogP contribution in [0.3, 0.4) is 0 Å². The molecule has 1 heterocycles. The molecule has 3 N–H and O–H groups in total. The Morgan fingerprint density at radius 2 is 2.16 bits per heavy atom. The summed E-state index contributed by atoms with van der Waals surface area (Å²) < 4.78 is 5.53. The summed E-state index contributed by atoms with van der Waals surface area (Å²) in [5.41, 5.74) is 4.66. The summed E-state index contributed by atoms with van der Waals surface area (Å²) in [5, 5.41) is 9.25. The van der Waals surface area contributed by atoms with Crippen LogP contribution in [0.5, 0.6) is 5.75 Å². The maximum atomic E-state index is 11.5. The van der Waals surface area contributed by atoms with E-state index in [1.54, 1.807) is 0 Å². The molecule has 0 fully saturated rings. The van der Waals surface area contributed by atoms with Gasteiger partial charge in [0.2, 0.25) is 5.91 Å². The second kappa shape index (κ2) is 4.91. The third-order valence-corrected chi connectivity index (χ3v) is 3.75. The zero-order chi connectivity index (χ0) is 14.0. The summed E-state index contributed by atoms with van der Waals surface area (Å²) in [6, 6.07) is 7.50. The lowest BCUT2D eigenvalue weighted by atomic mass is 9.76. The summed E-state index contributed by atoms with van der Waals surface area (Å²) in [6.07, 6.45) is 0.880. The number of carbonyl (C=O) groups is 2. The first-order chi connectivity index (χ1) is 8.95. The van der Waals surface area contributed by atoms with Crippen molar-refractivity contribution in [2.24, 2.45) is 11.1 Å². The number of carbonyl (C=O) groups excluding carboxylic acids is 1. The molecule has 1 aromatic rings. The molecule has 1 amide bonds. The fourth-order valence-electron chi connectivity index (χ4n) is 2.41. The fourth-order valence-corrected chi connectivity index (χ4v) is 2.41. The molecule has 2 atom stereocenters. The van der Waals surface area contributed by atoms with E-state index in [0.717, 1.165) is 11.3 Å². The predicted molar refractivity (Wildman–Crippen MR) is 68.8 cm³/mol. The van der Waals surface area contributed by atoms with Gasteiger partial charge in [0.05, 0.1) is 6.61 Å². The van der Waals surface area contributed by atoms with Crippen molar-refractivity contribution in [2.75, 3.05) is 6.61 Å². The number of fused-ring (bicyclic) bond motifs is 1. The second-order valence-electron chi connectivity index (χ2n) is 5.08. The van der Waals surface area contributed by atoms with Gasteiger partial charge >= 0.3 is 5.97 Å². The van der Waals surface area contributed by atoms with Crippen molar-refractivity contribution >= 4 is 11.9 Å². The number of hydrogen-bond donors (Lipinski definition) is 2. The molecule has 2 unspecified atom stereocenters. The highest BCUT2D eigenvalue weighted by Crippen LogP contribution is 2.40. The molecule has 0 spiro atoms. The van der Waals surface area contributed by atoms with Gasteiger partial charge in [-0.3, -0.25) is 9.59 Å². The number of nitrogens with two attached hydrogens (primary N) is 1. The number of aliphatic carboxylic acids is 1. The number of primary amides is 1. The zero-order valence-corrected chi connectivity index (χ0v) is 10.8. The highest BCUT2D eigenvalue weighted by atomic mass is 16.5. The average molecular weight is 263 g/mol. The maximum Gasteiger partial charge on any atom is 0.318 e. The summed E-state index contributed by atoms with van der Waals surface area (Å²) in [6.45, 7) is 1.91. The smallest absolute Gasteiger partial charge is 0.318 e. The number of ether oxygens (including phenoxy) is 1. The molecule has 0 aliphatic carbocycles. The number of para-hydroxylation sites is 1. The first-order valence-electron chi connectivity index (χ1n) is 6.20. The summed E-state index contributed by atoms with van der Waals surface area (Å²) >= 11 is 0. The Hall–Kier alpha value is -2.04. The molecule has 5 nitrogen and oxygen atoms in total. The van der Waals surface area contributed by atoms with Crippen LogP contribution in [0, 0.1) is 5.41 Å². The van der Waals surface area contributed by atoms with Gasteiger partial charge in [0.25, 0.3) is 0 Å². The van der Waals surface area contributed by atoms with Crippen molar-refractivity contribution in [1.82, 2.24) is 0 Å². The van der Waals surface area contributed by atoms with E-state index in [-0.39, 0.29) is 12.3 Å². The minimum Gasteiger partial charge on any atom is -0.493 e. The van der Waals surface area contributed by atoms with Crippen molar-refractivity contribution in [3.8, 4) is 5.75 Å². The third-order valence-electron chi connectivity index (χ3n) is 3.75. The maximum absolute atomic E-state index is 11.5. The fraction of sp³-hybridized carbons (Fsp3) is 0.429. The van der Waals surface area contributed by atoms with Crippen LogP contribution < -0.4 is 10.5 Å². The molecule has 0 bridgehead atoms.